The number of hydrogen-bond acceptors (Lipinski definition) is 4. The third-order valence-corrected chi connectivity index (χ3v) is 7.02. The van der Waals surface area contributed by atoms with Crippen molar-refractivity contribution in [2.75, 3.05) is 38.1 Å². The van der Waals surface area contributed by atoms with Gasteiger partial charge in [-0.15, -0.1) is 0 Å². The lowest BCUT2D eigenvalue weighted by atomic mass is 9.95. The van der Waals surface area contributed by atoms with Gasteiger partial charge in [-0.05, 0) is 43.9 Å². The summed E-state index contributed by atoms with van der Waals surface area (Å²) in [6.07, 6.45) is 8.76. The molecule has 1 N–H and O–H groups in total. The molecule has 1 aromatic carbocycles. The second-order valence-electron chi connectivity index (χ2n) is 9.30. The predicted molar refractivity (Wildman–Crippen MR) is 130 cm³/mol. The van der Waals surface area contributed by atoms with Crippen LogP contribution < -0.4 is 15.6 Å². The first kappa shape index (κ1) is 23.1. The topological polar surface area (TPSA) is 74.7 Å². The van der Waals surface area contributed by atoms with E-state index in [2.05, 4.69) is 42.3 Å². The van der Waals surface area contributed by atoms with E-state index in [1.165, 1.54) is 30.3 Å². The van der Waals surface area contributed by atoms with E-state index in [4.69, 9.17) is 0 Å². The number of nitrogens with one attached hydrogen (secondary N) is 1. The summed E-state index contributed by atoms with van der Waals surface area (Å²) in [6.45, 7) is 6.69. The maximum absolute atomic E-state index is 13.4. The molecule has 0 unspecified atom stereocenters. The molecule has 0 radical (unpaired) electrons. The summed E-state index contributed by atoms with van der Waals surface area (Å²) in [4.78, 5) is 43.0. The summed E-state index contributed by atoms with van der Waals surface area (Å²) in [5, 5.41) is 2.55. The number of benzene rings is 1. The van der Waals surface area contributed by atoms with E-state index in [0.29, 0.717) is 26.2 Å². The molecular weight excluding hydrogens is 416 g/mol. The highest BCUT2D eigenvalue weighted by Crippen LogP contribution is 2.28. The van der Waals surface area contributed by atoms with Crippen molar-refractivity contribution in [2.24, 2.45) is 0 Å². The number of pyridine rings is 1. The fourth-order valence-corrected chi connectivity index (χ4v) is 5.02. The molecule has 2 heterocycles. The van der Waals surface area contributed by atoms with Gasteiger partial charge in [0.25, 0.3) is 11.8 Å². The lowest BCUT2D eigenvalue weighted by molar-refractivity contribution is 0.0744. The maximum Gasteiger partial charge on any atom is 0.259 e. The van der Waals surface area contributed by atoms with Crippen molar-refractivity contribution in [2.45, 2.75) is 52.0 Å². The van der Waals surface area contributed by atoms with Gasteiger partial charge < -0.3 is 19.7 Å². The fourth-order valence-electron chi connectivity index (χ4n) is 5.02. The van der Waals surface area contributed by atoms with Gasteiger partial charge in [-0.25, -0.2) is 0 Å². The number of rotatable bonds is 4. The Balaban J connectivity index is 1.58. The van der Waals surface area contributed by atoms with Crippen molar-refractivity contribution >= 4 is 17.5 Å². The zero-order valence-electron chi connectivity index (χ0n) is 19.9. The van der Waals surface area contributed by atoms with Gasteiger partial charge in [0.1, 0.15) is 11.1 Å². The standard InChI is InChI=1S/C26H34N4O3/c1-18-9-10-19(2)23(15-18)28-11-13-29(14-12-28)26(33)22-17-30(20-7-5-4-6-8-20)16-21(24(22)31)25(32)27-3/h9-10,15-17,20H,4-8,11-14H2,1-3H3,(H,27,32). The van der Waals surface area contributed by atoms with E-state index in [0.717, 1.165) is 25.7 Å². The van der Waals surface area contributed by atoms with Gasteiger partial charge in [-0.2, -0.15) is 0 Å². The Morgan fingerprint density at radius 3 is 2.27 bits per heavy atom. The molecule has 7 nitrogen and oxygen atoms in total. The number of aromatic nitrogens is 1. The number of carbonyl (C=O) groups excluding carboxylic acids is 2. The first-order chi connectivity index (χ1) is 15.9. The average molecular weight is 451 g/mol. The molecule has 1 saturated heterocycles. The van der Waals surface area contributed by atoms with Gasteiger partial charge in [-0.3, -0.25) is 14.4 Å². The molecule has 2 amide bonds. The molecule has 1 saturated carbocycles. The van der Waals surface area contributed by atoms with E-state index in [-0.39, 0.29) is 23.1 Å². The van der Waals surface area contributed by atoms with E-state index in [1.54, 1.807) is 17.3 Å². The van der Waals surface area contributed by atoms with Crippen LogP contribution in [-0.2, 0) is 0 Å². The predicted octanol–water partition coefficient (Wildman–Crippen LogP) is 3.29. The first-order valence-corrected chi connectivity index (χ1v) is 12.0. The molecule has 0 bridgehead atoms. The molecule has 4 rings (SSSR count). The third-order valence-electron chi connectivity index (χ3n) is 7.02. The molecule has 33 heavy (non-hydrogen) atoms. The highest BCUT2D eigenvalue weighted by atomic mass is 16.2. The average Bonchev–Trinajstić information content (AvgIpc) is 2.85. The highest BCUT2D eigenvalue weighted by molar-refractivity contribution is 5.99. The summed E-state index contributed by atoms with van der Waals surface area (Å²) < 4.78 is 1.94. The Bertz CT molecular complexity index is 1090. The SMILES string of the molecule is CNC(=O)c1cn(C2CCCCC2)cc(C(=O)N2CCN(c3cc(C)ccc3C)CC2)c1=O. The van der Waals surface area contributed by atoms with E-state index in [9.17, 15) is 14.4 Å². The van der Waals surface area contributed by atoms with Crippen LogP contribution in [0.4, 0.5) is 5.69 Å². The molecule has 0 spiro atoms. The van der Waals surface area contributed by atoms with Crippen LogP contribution in [0.1, 0.15) is 70.0 Å². The van der Waals surface area contributed by atoms with Crippen LogP contribution in [0.2, 0.25) is 0 Å². The monoisotopic (exact) mass is 450 g/mol. The van der Waals surface area contributed by atoms with Gasteiger partial charge in [0.05, 0.1) is 0 Å². The summed E-state index contributed by atoms with van der Waals surface area (Å²) in [6, 6.07) is 6.63. The van der Waals surface area contributed by atoms with Crippen LogP contribution in [-0.4, -0.2) is 54.5 Å². The Morgan fingerprint density at radius 1 is 0.939 bits per heavy atom. The van der Waals surface area contributed by atoms with Crippen LogP contribution in [0.25, 0.3) is 0 Å². The second kappa shape index (κ2) is 9.81. The Morgan fingerprint density at radius 2 is 1.61 bits per heavy atom. The van der Waals surface area contributed by atoms with Gasteiger partial charge >= 0.3 is 0 Å². The number of hydrogen-bond donors (Lipinski definition) is 1. The minimum atomic E-state index is -0.483. The Labute approximate surface area is 195 Å². The lowest BCUT2D eigenvalue weighted by Gasteiger charge is -2.37. The van der Waals surface area contributed by atoms with Crippen LogP contribution in [0.5, 0.6) is 0 Å². The normalized spacial score (nSPS) is 17.2. The third kappa shape index (κ3) is 4.82. The number of anilines is 1. The summed E-state index contributed by atoms with van der Waals surface area (Å²) in [5.74, 6) is -0.727. The van der Waals surface area contributed by atoms with Gasteiger partial charge in [0.15, 0.2) is 0 Å². The van der Waals surface area contributed by atoms with E-state index in [1.807, 2.05) is 4.57 Å². The molecule has 1 aromatic heterocycles. The molecule has 7 heteroatoms. The van der Waals surface area contributed by atoms with Crippen molar-refractivity contribution in [1.29, 1.82) is 0 Å². The molecule has 2 fully saturated rings. The van der Waals surface area contributed by atoms with Crippen LogP contribution in [0.3, 0.4) is 0 Å². The van der Waals surface area contributed by atoms with Crippen molar-refractivity contribution in [3.05, 3.63) is 63.1 Å². The van der Waals surface area contributed by atoms with Gasteiger partial charge in [0, 0.05) is 57.3 Å². The Kier molecular flexibility index (Phi) is 6.86. The number of aryl methyl sites for hydroxylation is 2. The Hall–Kier alpha value is -3.09. The quantitative estimate of drug-likeness (QED) is 0.776. The highest BCUT2D eigenvalue weighted by Gasteiger charge is 2.28. The molecule has 2 aromatic rings. The van der Waals surface area contributed by atoms with Crippen molar-refractivity contribution in [3.8, 4) is 0 Å². The molecule has 176 valence electrons. The van der Waals surface area contributed by atoms with Crippen molar-refractivity contribution in [1.82, 2.24) is 14.8 Å². The van der Waals surface area contributed by atoms with E-state index >= 15 is 0 Å². The molecule has 0 atom stereocenters. The largest absolute Gasteiger partial charge is 0.368 e. The van der Waals surface area contributed by atoms with Crippen molar-refractivity contribution in [3.63, 3.8) is 0 Å². The summed E-state index contributed by atoms with van der Waals surface area (Å²) >= 11 is 0. The second-order valence-corrected chi connectivity index (χ2v) is 9.30. The molecule has 1 aliphatic heterocycles. The van der Waals surface area contributed by atoms with E-state index < -0.39 is 11.3 Å². The zero-order chi connectivity index (χ0) is 23.5. The molecule has 1 aliphatic carbocycles. The number of piperazine rings is 1. The van der Waals surface area contributed by atoms with Crippen molar-refractivity contribution < 1.29 is 9.59 Å². The summed E-state index contributed by atoms with van der Waals surface area (Å²) in [7, 11) is 1.51. The molecule has 2 aliphatic rings. The smallest absolute Gasteiger partial charge is 0.259 e. The van der Waals surface area contributed by atoms with Gasteiger partial charge in [0.2, 0.25) is 5.43 Å². The summed E-state index contributed by atoms with van der Waals surface area (Å²) in [5.41, 5.74) is 3.29. The number of nitrogens with zero attached hydrogens (tertiary/aromatic N) is 3. The van der Waals surface area contributed by atoms with Crippen LogP contribution in [0.15, 0.2) is 35.4 Å². The van der Waals surface area contributed by atoms with Gasteiger partial charge in [-0.1, -0.05) is 31.4 Å². The number of carbonyl (C=O) groups is 2. The minimum absolute atomic E-state index is 0.0444. The minimum Gasteiger partial charge on any atom is -0.368 e. The van der Waals surface area contributed by atoms with Crippen LogP contribution >= 0.6 is 0 Å². The first-order valence-electron chi connectivity index (χ1n) is 12.0. The molecular formula is C26H34N4O3. The lowest BCUT2D eigenvalue weighted by Crippen LogP contribution is -2.50. The zero-order valence-corrected chi connectivity index (χ0v) is 19.9. The van der Waals surface area contributed by atoms with Crippen LogP contribution in [0, 0.1) is 13.8 Å². The number of amides is 2. The fraction of sp³-hybridized carbons (Fsp3) is 0.500. The maximum atomic E-state index is 13.4.